The van der Waals surface area contributed by atoms with Crippen molar-refractivity contribution < 1.29 is 0 Å². The number of rotatable bonds is 3. The van der Waals surface area contributed by atoms with Crippen molar-refractivity contribution in [2.24, 2.45) is 7.05 Å². The number of nitrogens with zero attached hydrogens (tertiary/aromatic N) is 2. The summed E-state index contributed by atoms with van der Waals surface area (Å²) in [5.41, 5.74) is 11.4. The fourth-order valence-electron chi connectivity index (χ4n) is 2.91. The average Bonchev–Trinajstić information content (AvgIpc) is 2.77. The van der Waals surface area contributed by atoms with Crippen LogP contribution in [0.1, 0.15) is 29.8 Å². The molecule has 1 aromatic heterocycles. The summed E-state index contributed by atoms with van der Waals surface area (Å²) in [4.78, 5) is 4.79. The number of aromatic nitrogens is 2. The van der Waals surface area contributed by atoms with Crippen molar-refractivity contribution in [1.29, 1.82) is 0 Å². The van der Waals surface area contributed by atoms with Crippen LogP contribution in [0.5, 0.6) is 0 Å². The topological polar surface area (TPSA) is 43.8 Å². The first-order chi connectivity index (χ1) is 10.1. The Balaban J connectivity index is 1.93. The van der Waals surface area contributed by atoms with Gasteiger partial charge in [0.2, 0.25) is 0 Å². The minimum Gasteiger partial charge on any atom is -0.399 e. The summed E-state index contributed by atoms with van der Waals surface area (Å²) in [6.07, 6.45) is 0.925. The van der Waals surface area contributed by atoms with Gasteiger partial charge in [-0.2, -0.15) is 0 Å². The molecule has 2 aromatic carbocycles. The summed E-state index contributed by atoms with van der Waals surface area (Å²) in [5.74, 6) is 1.55. The van der Waals surface area contributed by atoms with Gasteiger partial charge in [-0.3, -0.25) is 0 Å². The highest BCUT2D eigenvalue weighted by Gasteiger charge is 2.13. The van der Waals surface area contributed by atoms with Crippen LogP contribution in [0.15, 0.2) is 42.5 Å². The fourth-order valence-corrected chi connectivity index (χ4v) is 2.91. The van der Waals surface area contributed by atoms with Gasteiger partial charge in [0.1, 0.15) is 5.82 Å². The monoisotopic (exact) mass is 279 g/mol. The van der Waals surface area contributed by atoms with Crippen LogP contribution in [-0.2, 0) is 13.5 Å². The molecule has 2 N–H and O–H groups in total. The van der Waals surface area contributed by atoms with Gasteiger partial charge in [0.25, 0.3) is 0 Å². The van der Waals surface area contributed by atoms with Gasteiger partial charge in [0, 0.05) is 19.2 Å². The summed E-state index contributed by atoms with van der Waals surface area (Å²) in [6.45, 7) is 4.37. The number of para-hydroxylation sites is 1. The number of anilines is 1. The minimum atomic E-state index is 0.418. The third kappa shape index (κ3) is 2.51. The van der Waals surface area contributed by atoms with Crippen molar-refractivity contribution in [1.82, 2.24) is 9.55 Å². The van der Waals surface area contributed by atoms with E-state index in [1.165, 1.54) is 16.6 Å². The second kappa shape index (κ2) is 5.24. The van der Waals surface area contributed by atoms with E-state index in [0.717, 1.165) is 23.4 Å². The predicted molar refractivity (Wildman–Crippen MR) is 88.4 cm³/mol. The van der Waals surface area contributed by atoms with E-state index < -0.39 is 0 Å². The standard InChI is InChI=1S/C18H21N3/c1-12-5-4-6-16-18(12)21(3)17(20-16)11-13(2)14-7-9-15(19)10-8-14/h4-10,13H,11,19H2,1-3H3. The zero-order valence-electron chi connectivity index (χ0n) is 12.8. The molecule has 0 fully saturated rings. The molecule has 3 heteroatoms. The van der Waals surface area contributed by atoms with Crippen molar-refractivity contribution in [3.63, 3.8) is 0 Å². The normalized spacial score (nSPS) is 12.7. The Hall–Kier alpha value is -2.29. The maximum Gasteiger partial charge on any atom is 0.110 e. The van der Waals surface area contributed by atoms with Gasteiger partial charge in [-0.15, -0.1) is 0 Å². The molecule has 0 amide bonds. The van der Waals surface area contributed by atoms with Gasteiger partial charge in [0.05, 0.1) is 11.0 Å². The molecule has 0 aliphatic rings. The van der Waals surface area contributed by atoms with Crippen molar-refractivity contribution in [3.8, 4) is 0 Å². The molecule has 0 bridgehead atoms. The lowest BCUT2D eigenvalue weighted by Crippen LogP contribution is -2.05. The molecule has 0 radical (unpaired) electrons. The predicted octanol–water partition coefficient (Wildman–Crippen LogP) is 3.81. The summed E-state index contributed by atoms with van der Waals surface area (Å²) in [7, 11) is 2.10. The van der Waals surface area contributed by atoms with E-state index in [0.29, 0.717) is 5.92 Å². The van der Waals surface area contributed by atoms with Crippen LogP contribution in [0.2, 0.25) is 0 Å². The maximum atomic E-state index is 5.75. The van der Waals surface area contributed by atoms with Gasteiger partial charge < -0.3 is 10.3 Å². The Labute approximate surface area is 125 Å². The van der Waals surface area contributed by atoms with Gasteiger partial charge in [-0.25, -0.2) is 4.98 Å². The van der Waals surface area contributed by atoms with E-state index in [1.54, 1.807) is 0 Å². The van der Waals surface area contributed by atoms with Crippen LogP contribution in [-0.4, -0.2) is 9.55 Å². The first kappa shape index (κ1) is 13.7. The molecule has 1 unspecified atom stereocenters. The fraction of sp³-hybridized carbons (Fsp3) is 0.278. The van der Waals surface area contributed by atoms with Crippen LogP contribution in [0, 0.1) is 6.92 Å². The van der Waals surface area contributed by atoms with Crippen LogP contribution >= 0.6 is 0 Å². The second-order valence-electron chi connectivity index (χ2n) is 5.80. The number of hydrogen-bond acceptors (Lipinski definition) is 2. The second-order valence-corrected chi connectivity index (χ2v) is 5.80. The summed E-state index contributed by atoms with van der Waals surface area (Å²) in [6, 6.07) is 14.4. The molecule has 1 atom stereocenters. The quantitative estimate of drug-likeness (QED) is 0.741. The highest BCUT2D eigenvalue weighted by atomic mass is 15.1. The molecule has 0 saturated carbocycles. The number of fused-ring (bicyclic) bond motifs is 1. The summed E-state index contributed by atoms with van der Waals surface area (Å²) < 4.78 is 2.22. The molecular formula is C18H21N3. The Kier molecular flexibility index (Phi) is 3.42. The number of imidazole rings is 1. The molecule has 0 spiro atoms. The molecule has 3 aromatic rings. The van der Waals surface area contributed by atoms with Gasteiger partial charge in [-0.05, 0) is 42.2 Å². The summed E-state index contributed by atoms with van der Waals surface area (Å²) in [5, 5.41) is 0. The largest absolute Gasteiger partial charge is 0.399 e. The SMILES string of the molecule is Cc1cccc2nc(CC(C)c3ccc(N)cc3)n(C)c12. The third-order valence-electron chi connectivity index (χ3n) is 4.18. The smallest absolute Gasteiger partial charge is 0.110 e. The zero-order chi connectivity index (χ0) is 15.0. The first-order valence-electron chi connectivity index (χ1n) is 7.32. The number of benzene rings is 2. The van der Waals surface area contributed by atoms with E-state index in [2.05, 4.69) is 55.8 Å². The van der Waals surface area contributed by atoms with Crippen LogP contribution < -0.4 is 5.73 Å². The van der Waals surface area contributed by atoms with Gasteiger partial charge in [0.15, 0.2) is 0 Å². The maximum absolute atomic E-state index is 5.75. The van der Waals surface area contributed by atoms with Gasteiger partial charge in [-0.1, -0.05) is 31.2 Å². The number of nitrogen functional groups attached to an aromatic ring is 1. The molecule has 3 nitrogen and oxygen atoms in total. The van der Waals surface area contributed by atoms with Crippen LogP contribution in [0.25, 0.3) is 11.0 Å². The van der Waals surface area contributed by atoms with E-state index in [9.17, 15) is 0 Å². The van der Waals surface area contributed by atoms with Gasteiger partial charge >= 0.3 is 0 Å². The minimum absolute atomic E-state index is 0.418. The summed E-state index contributed by atoms with van der Waals surface area (Å²) >= 11 is 0. The van der Waals surface area contributed by atoms with Crippen molar-refractivity contribution in [2.75, 3.05) is 5.73 Å². The van der Waals surface area contributed by atoms with E-state index in [4.69, 9.17) is 10.7 Å². The van der Waals surface area contributed by atoms with Crippen molar-refractivity contribution in [2.45, 2.75) is 26.2 Å². The molecule has 108 valence electrons. The lowest BCUT2D eigenvalue weighted by molar-refractivity contribution is 0.689. The number of aryl methyl sites for hydroxylation is 2. The van der Waals surface area contributed by atoms with E-state index >= 15 is 0 Å². The molecule has 0 aliphatic carbocycles. The molecule has 21 heavy (non-hydrogen) atoms. The molecule has 0 saturated heterocycles. The molecule has 3 rings (SSSR count). The zero-order valence-corrected chi connectivity index (χ0v) is 12.8. The van der Waals surface area contributed by atoms with Crippen LogP contribution in [0.4, 0.5) is 5.69 Å². The highest BCUT2D eigenvalue weighted by molar-refractivity contribution is 5.79. The highest BCUT2D eigenvalue weighted by Crippen LogP contribution is 2.24. The lowest BCUT2D eigenvalue weighted by atomic mass is 9.97. The molecule has 1 heterocycles. The Bertz CT molecular complexity index is 769. The van der Waals surface area contributed by atoms with Crippen LogP contribution in [0.3, 0.4) is 0 Å². The molecule has 0 aliphatic heterocycles. The number of hydrogen-bond donors (Lipinski definition) is 1. The number of nitrogens with two attached hydrogens (primary N) is 1. The van der Waals surface area contributed by atoms with E-state index in [1.807, 2.05) is 12.1 Å². The average molecular weight is 279 g/mol. The first-order valence-corrected chi connectivity index (χ1v) is 7.32. The molecular weight excluding hydrogens is 258 g/mol. The Morgan fingerprint density at radius 1 is 1.14 bits per heavy atom. The van der Waals surface area contributed by atoms with Crippen molar-refractivity contribution >= 4 is 16.7 Å². The van der Waals surface area contributed by atoms with Crippen molar-refractivity contribution in [3.05, 3.63) is 59.4 Å². The third-order valence-corrected chi connectivity index (χ3v) is 4.18. The van der Waals surface area contributed by atoms with E-state index in [-0.39, 0.29) is 0 Å². The Morgan fingerprint density at radius 2 is 1.86 bits per heavy atom. The Morgan fingerprint density at radius 3 is 2.52 bits per heavy atom. The lowest BCUT2D eigenvalue weighted by Gasteiger charge is -2.12.